The van der Waals surface area contributed by atoms with Gasteiger partial charge in [0.25, 0.3) is 5.91 Å². The van der Waals surface area contributed by atoms with Crippen molar-refractivity contribution in [2.45, 2.75) is 38.7 Å². The van der Waals surface area contributed by atoms with E-state index in [1.54, 1.807) is 6.07 Å². The largest absolute Gasteiger partial charge is 0.480 e. The zero-order valence-electron chi connectivity index (χ0n) is 21.3. The number of hydrogen-bond donors (Lipinski definition) is 2. The van der Waals surface area contributed by atoms with Gasteiger partial charge in [-0.05, 0) is 68.9 Å². The van der Waals surface area contributed by atoms with Crippen molar-refractivity contribution in [1.82, 2.24) is 15.5 Å². The zero-order valence-corrected chi connectivity index (χ0v) is 26.1. The van der Waals surface area contributed by atoms with E-state index in [-0.39, 0.29) is 17.8 Å². The Labute approximate surface area is 244 Å². The minimum atomic E-state index is -0.797. The van der Waals surface area contributed by atoms with Gasteiger partial charge in [0.1, 0.15) is 6.04 Å². The van der Waals surface area contributed by atoms with Gasteiger partial charge in [-0.25, -0.2) is 0 Å². The highest BCUT2D eigenvalue weighted by Gasteiger charge is 2.35. The van der Waals surface area contributed by atoms with E-state index < -0.39 is 13.2 Å². The average Bonchev–Trinajstić information content (AvgIpc) is 2.83. The fraction of sp³-hybridized carbons (Fsp3) is 0.462. The minimum absolute atomic E-state index is 0.278. The standard InChI is InChI=1S/C26H33BBr3N3O4/c1-17(2)13-23(27-36-11-9-33(3)10-12-37-27)32-26(35)22(14-18-7-5-4-6-8-18)31-25(34)20-15-19(28)16-21(29)24(20)30/h4-8,15-17,22-23H,9-14H2,1-3H3,(H,31,34)(H,32,35)/t22-,23-/m0/s1. The normalized spacial score (nSPS) is 16.6. The van der Waals surface area contributed by atoms with Gasteiger partial charge in [-0.3, -0.25) is 9.59 Å². The third kappa shape index (κ3) is 9.47. The summed E-state index contributed by atoms with van der Waals surface area (Å²) in [7, 11) is 1.47. The van der Waals surface area contributed by atoms with Crippen molar-refractivity contribution >= 4 is 66.7 Å². The predicted octanol–water partition coefficient (Wildman–Crippen LogP) is 4.85. The quantitative estimate of drug-likeness (QED) is 0.289. The van der Waals surface area contributed by atoms with Crippen molar-refractivity contribution in [3.8, 4) is 0 Å². The Kier molecular flexibility index (Phi) is 12.1. The molecule has 0 saturated carbocycles. The molecular formula is C26H33BBr3N3O4. The highest BCUT2D eigenvalue weighted by atomic mass is 79.9. The molecule has 0 bridgehead atoms. The second-order valence-corrected chi connectivity index (χ2v) is 12.2. The van der Waals surface area contributed by atoms with Crippen molar-refractivity contribution in [2.75, 3.05) is 33.4 Å². The summed E-state index contributed by atoms with van der Waals surface area (Å²) in [5.74, 6) is -0.674. The average molecular weight is 702 g/mol. The maximum absolute atomic E-state index is 13.7. The van der Waals surface area contributed by atoms with Crippen LogP contribution in [-0.4, -0.2) is 69.2 Å². The lowest BCUT2D eigenvalue weighted by Crippen LogP contribution is -2.57. The molecule has 3 rings (SSSR count). The molecule has 1 aliphatic rings. The highest BCUT2D eigenvalue weighted by molar-refractivity contribution is 9.13. The molecule has 0 aromatic heterocycles. The Morgan fingerprint density at radius 2 is 1.68 bits per heavy atom. The molecule has 0 unspecified atom stereocenters. The number of carbonyl (C=O) groups is 2. The molecule has 2 aromatic carbocycles. The molecule has 7 nitrogen and oxygen atoms in total. The molecule has 200 valence electrons. The van der Waals surface area contributed by atoms with Crippen molar-refractivity contribution in [3.05, 3.63) is 67.0 Å². The van der Waals surface area contributed by atoms with E-state index in [9.17, 15) is 9.59 Å². The van der Waals surface area contributed by atoms with Crippen LogP contribution < -0.4 is 10.6 Å². The fourth-order valence-electron chi connectivity index (χ4n) is 4.09. The van der Waals surface area contributed by atoms with E-state index in [4.69, 9.17) is 9.31 Å². The van der Waals surface area contributed by atoms with Gasteiger partial charge in [0.15, 0.2) is 0 Å². The van der Waals surface area contributed by atoms with Crippen molar-refractivity contribution in [1.29, 1.82) is 0 Å². The lowest BCUT2D eigenvalue weighted by Gasteiger charge is -2.31. The van der Waals surface area contributed by atoms with Gasteiger partial charge >= 0.3 is 7.12 Å². The van der Waals surface area contributed by atoms with Crippen LogP contribution in [0.3, 0.4) is 0 Å². The Morgan fingerprint density at radius 3 is 2.30 bits per heavy atom. The molecule has 1 saturated heterocycles. The van der Waals surface area contributed by atoms with Crippen LogP contribution in [0.15, 0.2) is 55.9 Å². The van der Waals surface area contributed by atoms with E-state index in [2.05, 4.69) is 77.2 Å². The van der Waals surface area contributed by atoms with E-state index in [1.807, 2.05) is 43.4 Å². The molecular weight excluding hydrogens is 669 g/mol. The van der Waals surface area contributed by atoms with E-state index >= 15 is 0 Å². The lowest BCUT2D eigenvalue weighted by atomic mass is 9.73. The second-order valence-electron chi connectivity index (χ2n) is 9.62. The summed E-state index contributed by atoms with van der Waals surface area (Å²) in [5.41, 5.74) is 1.36. The number of rotatable bonds is 9. The number of nitrogens with zero attached hydrogens (tertiary/aromatic N) is 1. The minimum Gasteiger partial charge on any atom is -0.408 e. The summed E-state index contributed by atoms with van der Waals surface area (Å²) in [6, 6.07) is 12.4. The number of benzene rings is 2. The maximum atomic E-state index is 13.7. The van der Waals surface area contributed by atoms with Crippen LogP contribution in [0.25, 0.3) is 0 Å². The SMILES string of the molecule is CC(C)C[C@H](NC(=O)[C@H](Cc1ccccc1)NC(=O)c1cc(Br)cc(Br)c1Br)B1OCCN(C)CCO1. The number of carbonyl (C=O) groups excluding carboxylic acids is 2. The Hall–Kier alpha value is -1.24. The van der Waals surface area contributed by atoms with Crippen LogP contribution in [0, 0.1) is 5.92 Å². The second kappa shape index (κ2) is 14.8. The third-order valence-electron chi connectivity index (χ3n) is 6.03. The fourth-order valence-corrected chi connectivity index (χ4v) is 5.72. The van der Waals surface area contributed by atoms with Crippen LogP contribution in [0.5, 0.6) is 0 Å². The van der Waals surface area contributed by atoms with Crippen LogP contribution in [0.1, 0.15) is 36.2 Å². The number of hydrogen-bond acceptors (Lipinski definition) is 5. The summed E-state index contributed by atoms with van der Waals surface area (Å²) in [4.78, 5) is 29.2. The molecule has 11 heteroatoms. The van der Waals surface area contributed by atoms with Crippen molar-refractivity contribution in [3.63, 3.8) is 0 Å². The summed E-state index contributed by atoms with van der Waals surface area (Å²) in [6.45, 7) is 6.82. The number of nitrogens with one attached hydrogen (secondary N) is 2. The first kappa shape index (κ1) is 30.3. The first-order chi connectivity index (χ1) is 17.6. The van der Waals surface area contributed by atoms with Crippen LogP contribution in [0.4, 0.5) is 0 Å². The summed E-state index contributed by atoms with van der Waals surface area (Å²) in [5, 5.41) is 6.10. The smallest absolute Gasteiger partial charge is 0.408 e. The molecule has 2 atom stereocenters. The van der Waals surface area contributed by atoms with E-state index in [0.29, 0.717) is 42.0 Å². The molecule has 2 amide bonds. The maximum Gasteiger partial charge on any atom is 0.480 e. The van der Waals surface area contributed by atoms with Crippen LogP contribution in [0.2, 0.25) is 0 Å². The van der Waals surface area contributed by atoms with Gasteiger partial charge in [0.2, 0.25) is 5.91 Å². The lowest BCUT2D eigenvalue weighted by molar-refractivity contribution is -0.123. The van der Waals surface area contributed by atoms with Crippen LogP contribution >= 0.6 is 47.8 Å². The summed E-state index contributed by atoms with van der Waals surface area (Å²) < 4.78 is 14.1. The Bertz CT molecular complexity index is 1050. The summed E-state index contributed by atoms with van der Waals surface area (Å²) >= 11 is 10.4. The highest BCUT2D eigenvalue weighted by Crippen LogP contribution is 2.30. The summed E-state index contributed by atoms with van der Waals surface area (Å²) in [6.07, 6.45) is 1.03. The molecule has 0 spiro atoms. The first-order valence-electron chi connectivity index (χ1n) is 12.4. The molecule has 2 aromatic rings. The van der Waals surface area contributed by atoms with Gasteiger partial charge in [-0.1, -0.05) is 60.1 Å². The Morgan fingerprint density at radius 1 is 1.03 bits per heavy atom. The number of likely N-dealkylation sites (N-methyl/N-ethyl adjacent to an activating group) is 1. The zero-order chi connectivity index (χ0) is 26.9. The molecule has 1 aliphatic heterocycles. The van der Waals surface area contributed by atoms with E-state index in [0.717, 1.165) is 27.6 Å². The topological polar surface area (TPSA) is 79.9 Å². The molecule has 37 heavy (non-hydrogen) atoms. The third-order valence-corrected chi connectivity index (χ3v) is 8.50. The molecule has 1 fully saturated rings. The Balaban J connectivity index is 1.82. The monoisotopic (exact) mass is 699 g/mol. The van der Waals surface area contributed by atoms with Gasteiger partial charge in [-0.2, -0.15) is 0 Å². The molecule has 0 aliphatic carbocycles. The molecule has 2 N–H and O–H groups in total. The number of amides is 2. The van der Waals surface area contributed by atoms with Crippen molar-refractivity contribution < 1.29 is 18.9 Å². The molecule has 0 radical (unpaired) electrons. The van der Waals surface area contributed by atoms with Crippen LogP contribution in [-0.2, 0) is 20.5 Å². The van der Waals surface area contributed by atoms with Gasteiger partial charge in [0.05, 0.1) is 11.5 Å². The molecule has 1 heterocycles. The van der Waals surface area contributed by atoms with Gasteiger partial charge < -0.3 is 24.8 Å². The number of halogens is 3. The van der Waals surface area contributed by atoms with Crippen molar-refractivity contribution in [2.24, 2.45) is 5.92 Å². The van der Waals surface area contributed by atoms with Gasteiger partial charge in [-0.15, -0.1) is 0 Å². The first-order valence-corrected chi connectivity index (χ1v) is 14.7. The predicted molar refractivity (Wildman–Crippen MR) is 157 cm³/mol. The van der Waals surface area contributed by atoms with E-state index in [1.165, 1.54) is 0 Å². The van der Waals surface area contributed by atoms with Gasteiger partial charge in [0, 0.05) is 46.1 Å².